The van der Waals surface area contributed by atoms with Crippen LogP contribution in [0.15, 0.2) is 0 Å². The molecule has 5 nitrogen and oxygen atoms in total. The fraction of sp³-hybridized carbons (Fsp3) is 0.867. The van der Waals surface area contributed by atoms with Crippen molar-refractivity contribution in [2.24, 2.45) is 16.7 Å². The van der Waals surface area contributed by atoms with Gasteiger partial charge >= 0.3 is 12.0 Å². The Morgan fingerprint density at radius 1 is 1.35 bits per heavy atom. The number of carboxylic acid groups (broad SMARTS) is 1. The average Bonchev–Trinajstić information content (AvgIpc) is 2.82. The predicted molar refractivity (Wildman–Crippen MR) is 76.4 cm³/mol. The van der Waals surface area contributed by atoms with Gasteiger partial charge in [0.1, 0.15) is 6.04 Å². The summed E-state index contributed by atoms with van der Waals surface area (Å²) in [4.78, 5) is 23.1. The van der Waals surface area contributed by atoms with Crippen molar-refractivity contribution in [3.05, 3.63) is 0 Å². The van der Waals surface area contributed by atoms with Crippen LogP contribution in [0.1, 0.15) is 53.4 Å². The second kappa shape index (κ2) is 4.93. The Morgan fingerprint density at radius 3 is 2.45 bits per heavy atom. The number of carbonyl (C=O) groups excluding carboxylic acids is 1. The SMILES string of the molecule is CC[C@H](NC(=O)NC1C2(C)CCC(C2)C1(C)C)C(=O)O. The van der Waals surface area contributed by atoms with Gasteiger partial charge in [-0.2, -0.15) is 0 Å². The molecule has 0 aromatic heterocycles. The quantitative estimate of drug-likeness (QED) is 0.740. The molecule has 2 saturated carbocycles. The minimum atomic E-state index is -0.985. The third-order valence-corrected chi connectivity index (χ3v) is 5.56. The monoisotopic (exact) mass is 282 g/mol. The van der Waals surface area contributed by atoms with Gasteiger partial charge in [-0.05, 0) is 42.4 Å². The Bertz CT molecular complexity index is 417. The zero-order valence-electron chi connectivity index (χ0n) is 12.8. The molecule has 0 heterocycles. The van der Waals surface area contributed by atoms with Crippen LogP contribution in [-0.2, 0) is 4.79 Å². The summed E-state index contributed by atoms with van der Waals surface area (Å²) in [6.07, 6.45) is 3.91. The second-order valence-corrected chi connectivity index (χ2v) is 7.27. The number of nitrogens with one attached hydrogen (secondary N) is 2. The standard InChI is InChI=1S/C15H26N2O3/c1-5-10(11(18)19)16-13(20)17-12-14(2,3)9-6-7-15(12,4)8-9/h9-10,12H,5-8H2,1-4H3,(H,18,19)(H2,16,17,20)/t9?,10-,12?,15?/m0/s1. The van der Waals surface area contributed by atoms with Crippen LogP contribution in [-0.4, -0.2) is 29.2 Å². The van der Waals surface area contributed by atoms with E-state index >= 15 is 0 Å². The van der Waals surface area contributed by atoms with E-state index in [9.17, 15) is 9.59 Å². The largest absolute Gasteiger partial charge is 0.480 e. The molecule has 20 heavy (non-hydrogen) atoms. The van der Waals surface area contributed by atoms with Gasteiger partial charge in [0.05, 0.1) is 0 Å². The van der Waals surface area contributed by atoms with Gasteiger partial charge in [0, 0.05) is 6.04 Å². The lowest BCUT2D eigenvalue weighted by Gasteiger charge is -2.43. The second-order valence-electron chi connectivity index (χ2n) is 7.27. The third-order valence-electron chi connectivity index (χ3n) is 5.56. The van der Waals surface area contributed by atoms with Gasteiger partial charge in [0.25, 0.3) is 0 Å². The molecule has 4 atom stereocenters. The summed E-state index contributed by atoms with van der Waals surface area (Å²) in [5, 5.41) is 14.6. The van der Waals surface area contributed by atoms with Crippen LogP contribution in [0.25, 0.3) is 0 Å². The van der Waals surface area contributed by atoms with E-state index in [0.29, 0.717) is 12.3 Å². The van der Waals surface area contributed by atoms with E-state index in [1.165, 1.54) is 6.42 Å². The first-order valence-corrected chi connectivity index (χ1v) is 7.50. The number of amides is 2. The predicted octanol–water partition coefficient (Wildman–Crippen LogP) is 2.36. The maximum Gasteiger partial charge on any atom is 0.326 e. The lowest BCUT2D eigenvalue weighted by Crippen LogP contribution is -2.56. The van der Waals surface area contributed by atoms with Crippen LogP contribution < -0.4 is 10.6 Å². The first kappa shape index (κ1) is 15.1. The molecular weight excluding hydrogens is 256 g/mol. The molecular formula is C15H26N2O3. The number of fused-ring (bicyclic) bond motifs is 2. The summed E-state index contributed by atoms with van der Waals surface area (Å²) in [7, 11) is 0. The minimum absolute atomic E-state index is 0.0786. The molecule has 0 aromatic rings. The summed E-state index contributed by atoms with van der Waals surface area (Å²) in [5.74, 6) is -0.333. The van der Waals surface area contributed by atoms with Crippen molar-refractivity contribution in [3.8, 4) is 0 Å². The maximum atomic E-state index is 12.1. The molecule has 2 amide bonds. The summed E-state index contributed by atoms with van der Waals surface area (Å²) in [6.45, 7) is 8.41. The highest BCUT2D eigenvalue weighted by atomic mass is 16.4. The van der Waals surface area contributed by atoms with Crippen molar-refractivity contribution in [2.45, 2.75) is 65.5 Å². The Balaban J connectivity index is 2.02. The van der Waals surface area contributed by atoms with Crippen molar-refractivity contribution in [1.82, 2.24) is 10.6 Å². The highest BCUT2D eigenvalue weighted by Crippen LogP contribution is 2.62. The molecule has 0 saturated heterocycles. The van der Waals surface area contributed by atoms with Crippen LogP contribution in [0.4, 0.5) is 4.79 Å². The normalized spacial score (nSPS) is 35.6. The van der Waals surface area contributed by atoms with E-state index in [2.05, 4.69) is 31.4 Å². The number of aliphatic carboxylic acids is 1. The van der Waals surface area contributed by atoms with Gasteiger partial charge < -0.3 is 15.7 Å². The van der Waals surface area contributed by atoms with Gasteiger partial charge in [-0.15, -0.1) is 0 Å². The van der Waals surface area contributed by atoms with Crippen molar-refractivity contribution < 1.29 is 14.7 Å². The van der Waals surface area contributed by atoms with Crippen LogP contribution in [0.3, 0.4) is 0 Å². The molecule has 2 aliphatic rings. The summed E-state index contributed by atoms with van der Waals surface area (Å²) < 4.78 is 0. The Labute approximate surface area is 120 Å². The van der Waals surface area contributed by atoms with E-state index in [4.69, 9.17) is 5.11 Å². The number of carboxylic acids is 1. The summed E-state index contributed by atoms with van der Waals surface area (Å²) >= 11 is 0. The highest BCUT2D eigenvalue weighted by molar-refractivity contribution is 5.82. The summed E-state index contributed by atoms with van der Waals surface area (Å²) in [6, 6.07) is -1.06. The molecule has 3 unspecified atom stereocenters. The van der Waals surface area contributed by atoms with Crippen LogP contribution in [0, 0.1) is 16.7 Å². The Kier molecular flexibility index (Phi) is 3.73. The lowest BCUT2D eigenvalue weighted by molar-refractivity contribution is -0.139. The average molecular weight is 282 g/mol. The molecule has 0 radical (unpaired) electrons. The van der Waals surface area contributed by atoms with Crippen molar-refractivity contribution >= 4 is 12.0 Å². The van der Waals surface area contributed by atoms with Crippen molar-refractivity contribution in [3.63, 3.8) is 0 Å². The first-order chi connectivity index (χ1) is 9.20. The first-order valence-electron chi connectivity index (χ1n) is 7.50. The molecule has 0 aromatic carbocycles. The van der Waals surface area contributed by atoms with Crippen molar-refractivity contribution in [1.29, 1.82) is 0 Å². The maximum absolute atomic E-state index is 12.1. The van der Waals surface area contributed by atoms with E-state index in [1.54, 1.807) is 6.92 Å². The zero-order valence-corrected chi connectivity index (χ0v) is 12.8. The van der Waals surface area contributed by atoms with E-state index < -0.39 is 12.0 Å². The van der Waals surface area contributed by atoms with Crippen molar-refractivity contribution in [2.75, 3.05) is 0 Å². The van der Waals surface area contributed by atoms with E-state index in [-0.39, 0.29) is 22.9 Å². The van der Waals surface area contributed by atoms with Gasteiger partial charge in [0.15, 0.2) is 0 Å². The molecule has 0 aliphatic heterocycles. The number of hydrogen-bond donors (Lipinski definition) is 3. The molecule has 0 spiro atoms. The number of hydrogen-bond acceptors (Lipinski definition) is 2. The van der Waals surface area contributed by atoms with E-state index in [1.807, 2.05) is 0 Å². The van der Waals surface area contributed by atoms with Gasteiger partial charge in [-0.3, -0.25) is 0 Å². The third kappa shape index (κ3) is 2.38. The Hall–Kier alpha value is -1.26. The molecule has 2 fully saturated rings. The number of rotatable bonds is 4. The number of urea groups is 1. The molecule has 2 aliphatic carbocycles. The number of carbonyl (C=O) groups is 2. The van der Waals surface area contributed by atoms with Crippen LogP contribution >= 0.6 is 0 Å². The fourth-order valence-electron chi connectivity index (χ4n) is 4.33. The molecule has 2 rings (SSSR count). The van der Waals surface area contributed by atoms with E-state index in [0.717, 1.165) is 12.8 Å². The smallest absolute Gasteiger partial charge is 0.326 e. The highest BCUT2D eigenvalue weighted by Gasteiger charge is 2.59. The molecule has 2 bridgehead atoms. The van der Waals surface area contributed by atoms with Gasteiger partial charge in [0.2, 0.25) is 0 Å². The van der Waals surface area contributed by atoms with Gasteiger partial charge in [-0.25, -0.2) is 9.59 Å². The topological polar surface area (TPSA) is 78.4 Å². The zero-order chi connectivity index (χ0) is 15.1. The lowest BCUT2D eigenvalue weighted by atomic mass is 9.68. The van der Waals surface area contributed by atoms with Gasteiger partial charge in [-0.1, -0.05) is 27.7 Å². The fourth-order valence-corrected chi connectivity index (χ4v) is 4.33. The van der Waals surface area contributed by atoms with Crippen LogP contribution in [0.2, 0.25) is 0 Å². The molecule has 114 valence electrons. The summed E-state index contributed by atoms with van der Waals surface area (Å²) in [5.41, 5.74) is 0.228. The minimum Gasteiger partial charge on any atom is -0.480 e. The molecule has 5 heteroatoms. The Morgan fingerprint density at radius 2 is 2.00 bits per heavy atom. The van der Waals surface area contributed by atoms with Crippen LogP contribution in [0.5, 0.6) is 0 Å². The molecule has 3 N–H and O–H groups in total.